The molecular weight excluding hydrogens is 422 g/mol. The van der Waals surface area contributed by atoms with Gasteiger partial charge >= 0.3 is 6.09 Å². The van der Waals surface area contributed by atoms with Gasteiger partial charge in [0.05, 0.1) is 29.9 Å². The third-order valence-electron chi connectivity index (χ3n) is 6.94. The van der Waals surface area contributed by atoms with E-state index in [0.29, 0.717) is 19.7 Å². The maximum absolute atomic E-state index is 11.1. The lowest BCUT2D eigenvalue weighted by Crippen LogP contribution is -2.61. The van der Waals surface area contributed by atoms with Gasteiger partial charge in [0.15, 0.2) is 5.65 Å². The van der Waals surface area contributed by atoms with E-state index in [2.05, 4.69) is 32.3 Å². The van der Waals surface area contributed by atoms with Gasteiger partial charge in [-0.2, -0.15) is 5.10 Å². The number of fused-ring (bicyclic) bond motifs is 3. The molecule has 4 aromatic heterocycles. The van der Waals surface area contributed by atoms with Gasteiger partial charge in [-0.05, 0) is 38.0 Å². The van der Waals surface area contributed by atoms with Crippen molar-refractivity contribution in [2.45, 2.75) is 19.8 Å². The minimum Gasteiger partial charge on any atom is -0.492 e. The normalized spacial score (nSPS) is 17.6. The number of anilines is 1. The van der Waals surface area contributed by atoms with Crippen LogP contribution in [0.15, 0.2) is 36.8 Å². The molecule has 2 aliphatic rings. The van der Waals surface area contributed by atoms with E-state index in [1.807, 2.05) is 29.9 Å². The highest BCUT2D eigenvalue weighted by atomic mass is 16.5. The molecule has 0 atom stereocenters. The predicted molar refractivity (Wildman–Crippen MR) is 123 cm³/mol. The van der Waals surface area contributed by atoms with Crippen LogP contribution in [-0.2, 0) is 0 Å². The van der Waals surface area contributed by atoms with Crippen LogP contribution >= 0.6 is 0 Å². The molecule has 0 radical (unpaired) electrons. The summed E-state index contributed by atoms with van der Waals surface area (Å²) in [5.41, 5.74) is 3.82. The summed E-state index contributed by atoms with van der Waals surface area (Å²) in [5, 5.41) is 21.7. The van der Waals surface area contributed by atoms with Crippen LogP contribution in [0.4, 0.5) is 10.6 Å². The Bertz CT molecular complexity index is 1330. The highest BCUT2D eigenvalue weighted by molar-refractivity contribution is 6.00. The summed E-state index contributed by atoms with van der Waals surface area (Å²) < 4.78 is 7.60. The van der Waals surface area contributed by atoms with Crippen molar-refractivity contribution in [2.75, 3.05) is 37.7 Å². The van der Waals surface area contributed by atoms with Crippen LogP contribution in [0.3, 0.4) is 0 Å². The minimum atomic E-state index is -0.811. The van der Waals surface area contributed by atoms with E-state index in [4.69, 9.17) is 14.8 Å². The van der Waals surface area contributed by atoms with Gasteiger partial charge in [-0.15, -0.1) is 5.10 Å². The van der Waals surface area contributed by atoms with Crippen LogP contribution in [0.25, 0.3) is 27.7 Å². The molecule has 6 heterocycles. The Morgan fingerprint density at radius 1 is 1.24 bits per heavy atom. The van der Waals surface area contributed by atoms with Crippen molar-refractivity contribution in [2.24, 2.45) is 5.41 Å². The van der Waals surface area contributed by atoms with Crippen molar-refractivity contribution in [3.05, 3.63) is 36.8 Å². The molecule has 33 heavy (non-hydrogen) atoms. The standard InChI is InChI=1S/C23H25N7O3/c1-2-33-16-9-17(20-18-11-25-26-21(18)27-30(20)12-16)15-3-4-19(24-10-15)28-7-5-23(6-8-28)13-29(14-23)22(31)32/h3-4,9-12H,2,5-8,13-14H2,1H3,(H,26,27)(H,31,32). The molecule has 2 N–H and O–H groups in total. The number of H-pyrrole nitrogens is 1. The Hall–Kier alpha value is -3.82. The summed E-state index contributed by atoms with van der Waals surface area (Å²) >= 11 is 0. The first-order valence-corrected chi connectivity index (χ1v) is 11.2. The fourth-order valence-electron chi connectivity index (χ4n) is 5.16. The number of aromatic amines is 1. The minimum absolute atomic E-state index is 0.151. The summed E-state index contributed by atoms with van der Waals surface area (Å²) in [6.07, 6.45) is 6.75. The zero-order valence-electron chi connectivity index (χ0n) is 18.4. The summed E-state index contributed by atoms with van der Waals surface area (Å²) in [6.45, 7) is 5.63. The van der Waals surface area contributed by atoms with Crippen LogP contribution < -0.4 is 9.64 Å². The smallest absolute Gasteiger partial charge is 0.407 e. The number of carboxylic acid groups (broad SMARTS) is 1. The first kappa shape index (κ1) is 19.8. The third kappa shape index (κ3) is 3.24. The van der Waals surface area contributed by atoms with Gasteiger partial charge in [-0.25, -0.2) is 14.3 Å². The highest BCUT2D eigenvalue weighted by Gasteiger charge is 2.46. The fourth-order valence-corrected chi connectivity index (χ4v) is 5.16. The van der Waals surface area contributed by atoms with E-state index in [-0.39, 0.29) is 5.41 Å². The summed E-state index contributed by atoms with van der Waals surface area (Å²) in [7, 11) is 0. The second-order valence-electron chi connectivity index (χ2n) is 8.98. The Morgan fingerprint density at radius 3 is 2.76 bits per heavy atom. The molecule has 170 valence electrons. The van der Waals surface area contributed by atoms with Gasteiger partial charge < -0.3 is 19.6 Å². The van der Waals surface area contributed by atoms with E-state index in [1.165, 1.54) is 4.90 Å². The molecule has 6 rings (SSSR count). The SMILES string of the molecule is CCOc1cc(-c2ccc(N3CCC4(CC3)CN(C(=O)O)C4)nc2)c2c3cn[nH]c3nn2c1. The first-order chi connectivity index (χ1) is 16.0. The number of hydrogen-bond acceptors (Lipinski definition) is 6. The molecule has 2 aliphatic heterocycles. The third-order valence-corrected chi connectivity index (χ3v) is 6.94. The number of nitrogens with zero attached hydrogens (tertiary/aromatic N) is 6. The van der Waals surface area contributed by atoms with Crippen LogP contribution in [0, 0.1) is 5.41 Å². The highest BCUT2D eigenvalue weighted by Crippen LogP contribution is 2.41. The number of amides is 1. The van der Waals surface area contributed by atoms with Crippen molar-refractivity contribution in [1.29, 1.82) is 0 Å². The van der Waals surface area contributed by atoms with Gasteiger partial charge in [0, 0.05) is 48.9 Å². The zero-order valence-corrected chi connectivity index (χ0v) is 18.4. The van der Waals surface area contributed by atoms with Crippen LogP contribution in [0.5, 0.6) is 5.75 Å². The Morgan fingerprint density at radius 2 is 2.06 bits per heavy atom. The molecule has 0 bridgehead atoms. The number of piperidine rings is 1. The predicted octanol–water partition coefficient (Wildman–Crippen LogP) is 3.25. The second-order valence-corrected chi connectivity index (χ2v) is 8.98. The molecule has 4 aromatic rings. The van der Waals surface area contributed by atoms with Crippen LogP contribution in [-0.4, -0.2) is 73.7 Å². The van der Waals surface area contributed by atoms with Gasteiger partial charge in [-0.3, -0.25) is 5.10 Å². The molecule has 0 aromatic carbocycles. The second kappa shape index (κ2) is 7.36. The van der Waals surface area contributed by atoms with Crippen molar-refractivity contribution >= 4 is 28.5 Å². The van der Waals surface area contributed by atoms with Crippen molar-refractivity contribution in [3.8, 4) is 16.9 Å². The topological polar surface area (TPSA) is 112 Å². The monoisotopic (exact) mass is 447 g/mol. The van der Waals surface area contributed by atoms with Crippen molar-refractivity contribution in [1.82, 2.24) is 29.7 Å². The van der Waals surface area contributed by atoms with E-state index in [0.717, 1.165) is 65.2 Å². The van der Waals surface area contributed by atoms with E-state index >= 15 is 0 Å². The Labute approximate surface area is 189 Å². The summed E-state index contributed by atoms with van der Waals surface area (Å²) in [4.78, 5) is 19.7. The lowest BCUT2D eigenvalue weighted by molar-refractivity contribution is -0.00643. The van der Waals surface area contributed by atoms with Crippen LogP contribution in [0.2, 0.25) is 0 Å². The van der Waals surface area contributed by atoms with Gasteiger partial charge in [0.25, 0.3) is 0 Å². The molecule has 0 aliphatic carbocycles. The number of rotatable bonds is 4. The van der Waals surface area contributed by atoms with Gasteiger partial charge in [-0.1, -0.05) is 0 Å². The largest absolute Gasteiger partial charge is 0.492 e. The van der Waals surface area contributed by atoms with Crippen molar-refractivity contribution < 1.29 is 14.6 Å². The average molecular weight is 447 g/mol. The maximum atomic E-state index is 11.1. The number of hydrogen-bond donors (Lipinski definition) is 2. The maximum Gasteiger partial charge on any atom is 0.407 e. The lowest BCUT2D eigenvalue weighted by atomic mass is 9.72. The molecule has 0 saturated carbocycles. The molecule has 1 spiro atoms. The van der Waals surface area contributed by atoms with E-state index in [9.17, 15) is 4.79 Å². The van der Waals surface area contributed by atoms with Crippen molar-refractivity contribution in [3.63, 3.8) is 0 Å². The molecule has 0 unspecified atom stereocenters. The fraction of sp³-hybridized carbons (Fsp3) is 0.391. The number of pyridine rings is 2. The zero-order chi connectivity index (χ0) is 22.6. The number of ether oxygens (including phenoxy) is 1. The summed E-state index contributed by atoms with van der Waals surface area (Å²) in [6, 6.07) is 6.18. The first-order valence-electron chi connectivity index (χ1n) is 11.2. The quantitative estimate of drug-likeness (QED) is 0.494. The van der Waals surface area contributed by atoms with E-state index in [1.54, 1.807) is 6.20 Å². The molecule has 2 saturated heterocycles. The molecule has 10 nitrogen and oxygen atoms in total. The molecule has 2 fully saturated rings. The molecule has 1 amide bonds. The number of carbonyl (C=O) groups is 1. The number of likely N-dealkylation sites (tertiary alicyclic amines) is 1. The number of aromatic nitrogens is 5. The Balaban J connectivity index is 1.26. The molecular formula is C23H25N7O3. The molecule has 10 heteroatoms. The van der Waals surface area contributed by atoms with Gasteiger partial charge in [0.2, 0.25) is 0 Å². The number of nitrogens with one attached hydrogen (secondary N) is 1. The summed E-state index contributed by atoms with van der Waals surface area (Å²) in [5.74, 6) is 1.70. The van der Waals surface area contributed by atoms with Crippen LogP contribution in [0.1, 0.15) is 19.8 Å². The van der Waals surface area contributed by atoms with Gasteiger partial charge in [0.1, 0.15) is 11.6 Å². The Kier molecular flexibility index (Phi) is 4.42. The average Bonchev–Trinajstić information content (AvgIpc) is 3.38. The lowest BCUT2D eigenvalue weighted by Gasteiger charge is -2.53. The van der Waals surface area contributed by atoms with E-state index < -0.39 is 6.09 Å².